The third-order valence-electron chi connectivity index (χ3n) is 4.21. The summed E-state index contributed by atoms with van der Waals surface area (Å²) >= 11 is 0. The van der Waals surface area contributed by atoms with E-state index in [-0.39, 0.29) is 6.29 Å². The van der Waals surface area contributed by atoms with Gasteiger partial charge in [0.05, 0.1) is 25.9 Å². The highest BCUT2D eigenvalue weighted by molar-refractivity contribution is 5.42. The van der Waals surface area contributed by atoms with Gasteiger partial charge in [0.15, 0.2) is 6.29 Å². The van der Waals surface area contributed by atoms with Crippen LogP contribution in [0.3, 0.4) is 0 Å². The Morgan fingerprint density at radius 1 is 1.08 bits per heavy atom. The molecule has 5 nitrogen and oxygen atoms in total. The summed E-state index contributed by atoms with van der Waals surface area (Å²) in [5.74, 6) is 1.66. The number of benzene rings is 2. The molecule has 1 saturated heterocycles. The number of hydrogen-bond acceptors (Lipinski definition) is 5. The Bertz CT molecular complexity index is 666. The van der Waals surface area contributed by atoms with Crippen molar-refractivity contribution in [2.45, 2.75) is 19.3 Å². The van der Waals surface area contributed by atoms with Crippen molar-refractivity contribution in [2.75, 3.05) is 33.9 Å². The Labute approximate surface area is 148 Å². The fourth-order valence-corrected chi connectivity index (χ4v) is 2.87. The highest BCUT2D eigenvalue weighted by atomic mass is 16.7. The van der Waals surface area contributed by atoms with Crippen LogP contribution in [0.1, 0.15) is 23.0 Å². The Balaban J connectivity index is 1.78. The quantitative estimate of drug-likeness (QED) is 0.798. The van der Waals surface area contributed by atoms with E-state index in [2.05, 4.69) is 11.4 Å². The second-order valence-corrected chi connectivity index (χ2v) is 5.89. The average molecular weight is 343 g/mol. The van der Waals surface area contributed by atoms with Crippen molar-refractivity contribution < 1.29 is 18.9 Å². The molecule has 0 bridgehead atoms. The topological polar surface area (TPSA) is 49.0 Å². The van der Waals surface area contributed by atoms with Gasteiger partial charge in [0, 0.05) is 0 Å². The molecule has 0 atom stereocenters. The zero-order valence-electron chi connectivity index (χ0n) is 14.8. The lowest BCUT2D eigenvalue weighted by Gasteiger charge is -2.19. The summed E-state index contributed by atoms with van der Waals surface area (Å²) in [5.41, 5.74) is 3.28. The average Bonchev–Trinajstić information content (AvgIpc) is 3.19. The maximum absolute atomic E-state index is 6.11. The van der Waals surface area contributed by atoms with E-state index in [1.165, 1.54) is 5.56 Å². The van der Waals surface area contributed by atoms with Crippen LogP contribution in [0, 0.1) is 0 Å². The lowest BCUT2D eigenvalue weighted by atomic mass is 10.0. The van der Waals surface area contributed by atoms with Crippen molar-refractivity contribution in [1.82, 2.24) is 5.32 Å². The molecule has 3 rings (SSSR count). The molecule has 25 heavy (non-hydrogen) atoms. The van der Waals surface area contributed by atoms with E-state index in [9.17, 15) is 0 Å². The van der Waals surface area contributed by atoms with E-state index in [1.54, 1.807) is 7.11 Å². The molecule has 0 radical (unpaired) electrons. The summed E-state index contributed by atoms with van der Waals surface area (Å²) in [4.78, 5) is 0. The smallest absolute Gasteiger partial charge is 0.187 e. The van der Waals surface area contributed by atoms with Gasteiger partial charge < -0.3 is 24.3 Å². The summed E-state index contributed by atoms with van der Waals surface area (Å²) in [6.45, 7) is 2.60. The van der Waals surface area contributed by atoms with Crippen LogP contribution in [0.5, 0.6) is 11.5 Å². The lowest BCUT2D eigenvalue weighted by Crippen LogP contribution is -2.14. The molecule has 0 aliphatic carbocycles. The molecule has 0 unspecified atom stereocenters. The monoisotopic (exact) mass is 343 g/mol. The number of hydrogen-bond donors (Lipinski definition) is 1. The number of likely N-dealkylation sites (N-methyl/N-ethyl adjacent to an activating group) is 1. The van der Waals surface area contributed by atoms with Crippen LogP contribution in [0.4, 0.5) is 0 Å². The molecule has 134 valence electrons. The predicted octanol–water partition coefficient (Wildman–Crippen LogP) is 3.08. The Morgan fingerprint density at radius 3 is 2.52 bits per heavy atom. The molecule has 1 heterocycles. The lowest BCUT2D eigenvalue weighted by molar-refractivity contribution is -0.0464. The van der Waals surface area contributed by atoms with E-state index in [0.717, 1.165) is 35.6 Å². The van der Waals surface area contributed by atoms with Gasteiger partial charge in [-0.1, -0.05) is 24.3 Å². The third kappa shape index (κ3) is 4.51. The Morgan fingerprint density at radius 2 is 1.84 bits per heavy atom. The summed E-state index contributed by atoms with van der Waals surface area (Å²) in [6, 6.07) is 14.0. The minimum absolute atomic E-state index is 0.348. The molecule has 1 aliphatic rings. The fourth-order valence-electron chi connectivity index (χ4n) is 2.87. The second-order valence-electron chi connectivity index (χ2n) is 5.89. The maximum Gasteiger partial charge on any atom is 0.187 e. The van der Waals surface area contributed by atoms with Crippen molar-refractivity contribution in [3.05, 3.63) is 59.2 Å². The third-order valence-corrected chi connectivity index (χ3v) is 4.21. The number of rotatable bonds is 8. The fraction of sp³-hybridized carbons (Fsp3) is 0.400. The SMILES string of the molecule is CNCCc1cccc(OCc2ccc(OC)cc2)c1C1OCCO1. The number of ether oxygens (including phenoxy) is 4. The van der Waals surface area contributed by atoms with Gasteiger partial charge in [0.25, 0.3) is 0 Å². The summed E-state index contributed by atoms with van der Waals surface area (Å²) in [7, 11) is 3.61. The zero-order chi connectivity index (χ0) is 17.5. The minimum atomic E-state index is -0.348. The Kier molecular flexibility index (Phi) is 6.28. The van der Waals surface area contributed by atoms with E-state index in [1.807, 2.05) is 43.4 Å². The first-order chi connectivity index (χ1) is 12.3. The van der Waals surface area contributed by atoms with Crippen molar-refractivity contribution in [1.29, 1.82) is 0 Å². The molecule has 1 aliphatic heterocycles. The van der Waals surface area contributed by atoms with Crippen molar-refractivity contribution in [2.24, 2.45) is 0 Å². The number of methoxy groups -OCH3 is 1. The van der Waals surface area contributed by atoms with E-state index < -0.39 is 0 Å². The first-order valence-corrected chi connectivity index (χ1v) is 8.57. The second kappa shape index (κ2) is 8.85. The van der Waals surface area contributed by atoms with Gasteiger partial charge in [-0.2, -0.15) is 0 Å². The van der Waals surface area contributed by atoms with Gasteiger partial charge in [0.1, 0.15) is 18.1 Å². The molecule has 1 N–H and O–H groups in total. The van der Waals surface area contributed by atoms with Crippen molar-refractivity contribution >= 4 is 0 Å². The highest BCUT2D eigenvalue weighted by Gasteiger charge is 2.25. The normalized spacial score (nSPS) is 14.6. The molecule has 0 spiro atoms. The van der Waals surface area contributed by atoms with Gasteiger partial charge in [-0.15, -0.1) is 0 Å². The van der Waals surface area contributed by atoms with E-state index in [0.29, 0.717) is 19.8 Å². The molecule has 2 aromatic carbocycles. The standard InChI is InChI=1S/C20H25NO4/c1-21-11-10-16-4-3-5-18(19(16)20-23-12-13-24-20)25-14-15-6-8-17(22-2)9-7-15/h3-9,20-21H,10-14H2,1-2H3. The largest absolute Gasteiger partial charge is 0.497 e. The first-order valence-electron chi connectivity index (χ1n) is 8.57. The summed E-state index contributed by atoms with van der Waals surface area (Å²) < 4.78 is 22.8. The van der Waals surface area contributed by atoms with Crippen LogP contribution < -0.4 is 14.8 Å². The van der Waals surface area contributed by atoms with Gasteiger partial charge in [-0.25, -0.2) is 0 Å². The van der Waals surface area contributed by atoms with Crippen molar-refractivity contribution in [3.63, 3.8) is 0 Å². The molecule has 1 fully saturated rings. The number of nitrogens with one attached hydrogen (secondary N) is 1. The van der Waals surface area contributed by atoms with Crippen LogP contribution in [-0.2, 0) is 22.5 Å². The van der Waals surface area contributed by atoms with Crippen LogP contribution in [-0.4, -0.2) is 33.9 Å². The summed E-state index contributed by atoms with van der Waals surface area (Å²) in [5, 5.41) is 3.19. The van der Waals surface area contributed by atoms with Gasteiger partial charge >= 0.3 is 0 Å². The molecule has 2 aromatic rings. The van der Waals surface area contributed by atoms with Crippen LogP contribution >= 0.6 is 0 Å². The van der Waals surface area contributed by atoms with E-state index >= 15 is 0 Å². The molecule has 0 aromatic heterocycles. The predicted molar refractivity (Wildman–Crippen MR) is 96.0 cm³/mol. The van der Waals surface area contributed by atoms with Crippen LogP contribution in [0.15, 0.2) is 42.5 Å². The molecular formula is C20H25NO4. The van der Waals surface area contributed by atoms with Crippen LogP contribution in [0.2, 0.25) is 0 Å². The first kappa shape index (κ1) is 17.7. The summed E-state index contributed by atoms with van der Waals surface area (Å²) in [6.07, 6.45) is 0.549. The Hall–Kier alpha value is -2.08. The van der Waals surface area contributed by atoms with Crippen molar-refractivity contribution in [3.8, 4) is 11.5 Å². The van der Waals surface area contributed by atoms with Crippen LogP contribution in [0.25, 0.3) is 0 Å². The highest BCUT2D eigenvalue weighted by Crippen LogP contribution is 2.35. The van der Waals surface area contributed by atoms with Gasteiger partial charge in [-0.05, 0) is 49.3 Å². The zero-order valence-corrected chi connectivity index (χ0v) is 14.8. The van der Waals surface area contributed by atoms with Gasteiger partial charge in [-0.3, -0.25) is 0 Å². The minimum Gasteiger partial charge on any atom is -0.497 e. The van der Waals surface area contributed by atoms with E-state index in [4.69, 9.17) is 18.9 Å². The van der Waals surface area contributed by atoms with Gasteiger partial charge in [0.2, 0.25) is 0 Å². The molecule has 0 saturated carbocycles. The molecule has 0 amide bonds. The maximum atomic E-state index is 6.11. The molecule has 5 heteroatoms. The molecular weight excluding hydrogens is 318 g/mol.